The Kier molecular flexibility index (Phi) is 6.22. The fourth-order valence-electron chi connectivity index (χ4n) is 3.45. The normalized spacial score (nSPS) is 15.2. The predicted molar refractivity (Wildman–Crippen MR) is 100 cm³/mol. The lowest BCUT2D eigenvalue weighted by atomic mass is 9.88. The third kappa shape index (κ3) is 4.95. The van der Waals surface area contributed by atoms with Crippen LogP contribution in [0.5, 0.6) is 5.75 Å². The summed E-state index contributed by atoms with van der Waals surface area (Å²) in [7, 11) is 0. The monoisotopic (exact) mass is 406 g/mol. The number of para-hydroxylation sites is 1. The number of likely N-dealkylation sites (tertiary alicyclic amines) is 1. The maximum Gasteiger partial charge on any atom is 0.491 e. The van der Waals surface area contributed by atoms with Crippen molar-refractivity contribution in [2.24, 2.45) is 5.73 Å². The number of carbonyl (C=O) groups is 2. The van der Waals surface area contributed by atoms with E-state index in [1.165, 1.54) is 29.8 Å². The summed E-state index contributed by atoms with van der Waals surface area (Å²) in [5.41, 5.74) is 7.84. The van der Waals surface area contributed by atoms with Crippen molar-refractivity contribution in [2.75, 3.05) is 13.1 Å². The Hall–Kier alpha value is -2.87. The SMILES string of the molecule is NCc1cccc(C2CCN(C(=O)c3ccccc3OC(=O)C(F)(F)F)CC2)c1. The molecule has 29 heavy (non-hydrogen) atoms. The quantitative estimate of drug-likeness (QED) is 0.622. The first-order chi connectivity index (χ1) is 13.8. The van der Waals surface area contributed by atoms with E-state index in [1.807, 2.05) is 18.2 Å². The zero-order valence-electron chi connectivity index (χ0n) is 15.6. The van der Waals surface area contributed by atoms with Crippen LogP contribution >= 0.6 is 0 Å². The molecule has 8 heteroatoms. The lowest BCUT2D eigenvalue weighted by molar-refractivity contribution is -0.189. The number of alkyl halides is 3. The molecule has 0 bridgehead atoms. The third-order valence-corrected chi connectivity index (χ3v) is 4.99. The number of rotatable bonds is 4. The van der Waals surface area contributed by atoms with Crippen molar-refractivity contribution in [2.45, 2.75) is 31.5 Å². The van der Waals surface area contributed by atoms with E-state index in [9.17, 15) is 22.8 Å². The summed E-state index contributed by atoms with van der Waals surface area (Å²) in [6.45, 7) is 1.37. The van der Waals surface area contributed by atoms with Gasteiger partial charge in [-0.1, -0.05) is 36.4 Å². The van der Waals surface area contributed by atoms with Gasteiger partial charge in [0, 0.05) is 19.6 Å². The zero-order chi connectivity index (χ0) is 21.0. The average molecular weight is 406 g/mol. The first kappa shape index (κ1) is 20.9. The largest absolute Gasteiger partial charge is 0.491 e. The number of halogens is 3. The topological polar surface area (TPSA) is 72.6 Å². The minimum Gasteiger partial charge on any atom is -0.419 e. The molecule has 3 rings (SSSR count). The van der Waals surface area contributed by atoms with Gasteiger partial charge in [-0.25, -0.2) is 4.79 Å². The molecule has 2 N–H and O–H groups in total. The molecule has 1 amide bonds. The van der Waals surface area contributed by atoms with Crippen LogP contribution in [-0.2, 0) is 11.3 Å². The highest BCUT2D eigenvalue weighted by Gasteiger charge is 2.42. The number of amides is 1. The number of nitrogens with two attached hydrogens (primary N) is 1. The molecule has 2 aromatic rings. The maximum atomic E-state index is 12.8. The van der Waals surface area contributed by atoms with Crippen molar-refractivity contribution in [3.8, 4) is 5.75 Å². The van der Waals surface area contributed by atoms with E-state index < -0.39 is 23.8 Å². The Bertz CT molecular complexity index is 891. The summed E-state index contributed by atoms with van der Waals surface area (Å²) in [5.74, 6) is -2.91. The van der Waals surface area contributed by atoms with E-state index >= 15 is 0 Å². The Labute approximate surface area is 166 Å². The smallest absolute Gasteiger partial charge is 0.419 e. The van der Waals surface area contributed by atoms with Gasteiger partial charge < -0.3 is 15.4 Å². The Balaban J connectivity index is 1.69. The van der Waals surface area contributed by atoms with Crippen molar-refractivity contribution in [1.29, 1.82) is 0 Å². The number of esters is 1. The molecule has 0 radical (unpaired) electrons. The lowest BCUT2D eigenvalue weighted by Crippen LogP contribution is -2.38. The van der Waals surface area contributed by atoms with E-state index in [-0.39, 0.29) is 11.5 Å². The predicted octanol–water partition coefficient (Wildman–Crippen LogP) is 3.63. The fourth-order valence-corrected chi connectivity index (χ4v) is 3.45. The first-order valence-electron chi connectivity index (χ1n) is 9.26. The van der Waals surface area contributed by atoms with Gasteiger partial charge in [-0.15, -0.1) is 0 Å². The van der Waals surface area contributed by atoms with Crippen LogP contribution in [0.3, 0.4) is 0 Å². The number of ether oxygens (including phenoxy) is 1. The standard InChI is InChI=1S/C21H21F3N2O3/c22-21(23,24)20(28)29-18-7-2-1-6-17(18)19(27)26-10-8-15(9-11-26)16-5-3-4-14(12-16)13-25/h1-7,12,15H,8-11,13,25H2. The van der Waals surface area contributed by atoms with Crippen LogP contribution in [0.25, 0.3) is 0 Å². The van der Waals surface area contributed by atoms with Gasteiger partial charge in [0.1, 0.15) is 5.75 Å². The Morgan fingerprint density at radius 3 is 2.41 bits per heavy atom. The summed E-state index contributed by atoms with van der Waals surface area (Å²) in [4.78, 5) is 25.6. The molecule has 0 spiro atoms. The van der Waals surface area contributed by atoms with Gasteiger partial charge in [-0.05, 0) is 42.0 Å². The second-order valence-electron chi connectivity index (χ2n) is 6.90. The number of hydrogen-bond acceptors (Lipinski definition) is 4. The molecule has 154 valence electrons. The molecule has 2 aromatic carbocycles. The Morgan fingerprint density at radius 1 is 1.07 bits per heavy atom. The van der Waals surface area contributed by atoms with E-state index in [0.717, 1.165) is 18.4 Å². The second-order valence-corrected chi connectivity index (χ2v) is 6.90. The van der Waals surface area contributed by atoms with Crippen LogP contribution in [0, 0.1) is 0 Å². The third-order valence-electron chi connectivity index (χ3n) is 4.99. The van der Waals surface area contributed by atoms with Crippen molar-refractivity contribution in [3.63, 3.8) is 0 Å². The second kappa shape index (κ2) is 8.65. The van der Waals surface area contributed by atoms with E-state index in [2.05, 4.69) is 10.8 Å². The summed E-state index contributed by atoms with van der Waals surface area (Å²) in [5, 5.41) is 0. The highest BCUT2D eigenvalue weighted by molar-refractivity contribution is 5.98. The number of piperidine rings is 1. The lowest BCUT2D eigenvalue weighted by Gasteiger charge is -2.32. The fraction of sp³-hybridized carbons (Fsp3) is 0.333. The average Bonchev–Trinajstić information content (AvgIpc) is 2.73. The summed E-state index contributed by atoms with van der Waals surface area (Å²) < 4.78 is 41.9. The molecule has 0 unspecified atom stereocenters. The number of benzene rings is 2. The zero-order valence-corrected chi connectivity index (χ0v) is 15.6. The molecule has 0 aliphatic carbocycles. The van der Waals surface area contributed by atoms with Crippen molar-refractivity contribution >= 4 is 11.9 Å². The van der Waals surface area contributed by atoms with E-state index in [1.54, 1.807) is 4.90 Å². The Morgan fingerprint density at radius 2 is 1.76 bits per heavy atom. The van der Waals surface area contributed by atoms with Crippen molar-refractivity contribution < 1.29 is 27.5 Å². The molecule has 0 atom stereocenters. The van der Waals surface area contributed by atoms with E-state index in [4.69, 9.17) is 5.73 Å². The van der Waals surface area contributed by atoms with Gasteiger partial charge in [-0.2, -0.15) is 13.2 Å². The minimum absolute atomic E-state index is 0.0614. The summed E-state index contributed by atoms with van der Waals surface area (Å²) in [6.07, 6.45) is -3.68. The molecule has 1 aliphatic rings. The molecule has 5 nitrogen and oxygen atoms in total. The van der Waals surface area contributed by atoms with Gasteiger partial charge in [0.05, 0.1) is 5.56 Å². The molecule has 1 fully saturated rings. The molecular weight excluding hydrogens is 385 g/mol. The maximum absolute atomic E-state index is 12.8. The minimum atomic E-state index is -5.13. The van der Waals surface area contributed by atoms with Crippen LogP contribution in [0.1, 0.15) is 40.2 Å². The van der Waals surface area contributed by atoms with Crippen molar-refractivity contribution in [3.05, 3.63) is 65.2 Å². The number of carbonyl (C=O) groups excluding carboxylic acids is 2. The molecule has 0 aromatic heterocycles. The molecule has 1 heterocycles. The molecular formula is C21H21F3N2O3. The highest BCUT2D eigenvalue weighted by atomic mass is 19.4. The van der Waals surface area contributed by atoms with Crippen molar-refractivity contribution in [1.82, 2.24) is 4.90 Å². The van der Waals surface area contributed by atoms with E-state index in [0.29, 0.717) is 19.6 Å². The van der Waals surface area contributed by atoms with Crippen LogP contribution < -0.4 is 10.5 Å². The van der Waals surface area contributed by atoms with Gasteiger partial charge >= 0.3 is 12.1 Å². The summed E-state index contributed by atoms with van der Waals surface area (Å²) >= 11 is 0. The highest BCUT2D eigenvalue weighted by Crippen LogP contribution is 2.31. The van der Waals surface area contributed by atoms with Crippen LogP contribution in [-0.4, -0.2) is 36.0 Å². The summed E-state index contributed by atoms with van der Waals surface area (Å²) in [6, 6.07) is 13.5. The number of hydrogen-bond donors (Lipinski definition) is 1. The first-order valence-corrected chi connectivity index (χ1v) is 9.26. The van der Waals surface area contributed by atoms with Gasteiger partial charge in [0.15, 0.2) is 0 Å². The number of nitrogens with zero attached hydrogens (tertiary/aromatic N) is 1. The van der Waals surface area contributed by atoms with Gasteiger partial charge in [-0.3, -0.25) is 4.79 Å². The van der Waals surface area contributed by atoms with Crippen LogP contribution in [0.15, 0.2) is 48.5 Å². The van der Waals surface area contributed by atoms with Crippen LogP contribution in [0.2, 0.25) is 0 Å². The van der Waals surface area contributed by atoms with Gasteiger partial charge in [0.25, 0.3) is 5.91 Å². The molecule has 1 aliphatic heterocycles. The van der Waals surface area contributed by atoms with Crippen LogP contribution in [0.4, 0.5) is 13.2 Å². The van der Waals surface area contributed by atoms with Gasteiger partial charge in [0.2, 0.25) is 0 Å². The molecule has 1 saturated heterocycles. The molecule has 0 saturated carbocycles.